The average molecular weight is 420 g/mol. The molecule has 0 aromatic rings. The maximum Gasteiger partial charge on any atom is 0.325 e. The molecular weight excluding hydrogens is 386 g/mol. The standard InChI is InChI=1S/C17H33N5O5S/c1-10(14(23)21-11(2)17(26)27)20-16(25)13(7-9-28-3)22-15(24)12(19)6-4-5-8-18/h10-13H,4-9,18-19H2,1-3H3,(H,20,25)(H,21,23)(H,22,24)(H,26,27). The minimum Gasteiger partial charge on any atom is -0.480 e. The zero-order chi connectivity index (χ0) is 21.7. The molecule has 0 aliphatic rings. The van der Waals surface area contributed by atoms with Crippen molar-refractivity contribution in [1.29, 1.82) is 0 Å². The maximum absolute atomic E-state index is 12.5. The Morgan fingerprint density at radius 2 is 1.54 bits per heavy atom. The fourth-order valence-electron chi connectivity index (χ4n) is 2.20. The van der Waals surface area contributed by atoms with Crippen LogP contribution in [0.3, 0.4) is 0 Å². The number of nitrogens with two attached hydrogens (primary N) is 2. The van der Waals surface area contributed by atoms with Gasteiger partial charge < -0.3 is 32.5 Å². The van der Waals surface area contributed by atoms with Crippen molar-refractivity contribution in [1.82, 2.24) is 16.0 Å². The highest BCUT2D eigenvalue weighted by atomic mass is 32.2. The van der Waals surface area contributed by atoms with Crippen LogP contribution < -0.4 is 27.4 Å². The molecule has 0 rings (SSSR count). The van der Waals surface area contributed by atoms with Gasteiger partial charge in [0.2, 0.25) is 17.7 Å². The van der Waals surface area contributed by atoms with Crippen LogP contribution in [0.1, 0.15) is 39.5 Å². The first-order chi connectivity index (χ1) is 13.1. The number of carbonyl (C=O) groups excluding carboxylic acids is 3. The second kappa shape index (κ2) is 14.2. The van der Waals surface area contributed by atoms with Crippen molar-refractivity contribution in [3.63, 3.8) is 0 Å². The van der Waals surface area contributed by atoms with Gasteiger partial charge in [-0.3, -0.25) is 19.2 Å². The Morgan fingerprint density at radius 1 is 0.929 bits per heavy atom. The molecule has 3 amide bonds. The van der Waals surface area contributed by atoms with Gasteiger partial charge in [0.15, 0.2) is 0 Å². The van der Waals surface area contributed by atoms with E-state index in [0.717, 1.165) is 6.42 Å². The summed E-state index contributed by atoms with van der Waals surface area (Å²) >= 11 is 1.52. The molecule has 0 radical (unpaired) electrons. The summed E-state index contributed by atoms with van der Waals surface area (Å²) in [7, 11) is 0. The Bertz CT molecular complexity index is 534. The molecule has 8 N–H and O–H groups in total. The number of thioether (sulfide) groups is 1. The zero-order valence-corrected chi connectivity index (χ0v) is 17.5. The average Bonchev–Trinajstić information content (AvgIpc) is 2.64. The quantitative estimate of drug-likeness (QED) is 0.190. The number of hydrogen-bond donors (Lipinski definition) is 6. The lowest BCUT2D eigenvalue weighted by Crippen LogP contribution is -2.56. The van der Waals surface area contributed by atoms with E-state index in [4.69, 9.17) is 16.6 Å². The Morgan fingerprint density at radius 3 is 2.07 bits per heavy atom. The fourth-order valence-corrected chi connectivity index (χ4v) is 2.67. The van der Waals surface area contributed by atoms with E-state index in [9.17, 15) is 19.2 Å². The number of unbranched alkanes of at least 4 members (excludes halogenated alkanes) is 1. The van der Waals surface area contributed by atoms with Gasteiger partial charge in [-0.2, -0.15) is 11.8 Å². The Balaban J connectivity index is 4.80. The Kier molecular flexibility index (Phi) is 13.3. The van der Waals surface area contributed by atoms with Crippen molar-refractivity contribution in [2.75, 3.05) is 18.6 Å². The monoisotopic (exact) mass is 419 g/mol. The number of amides is 3. The second-order valence-electron chi connectivity index (χ2n) is 6.53. The molecule has 4 unspecified atom stereocenters. The minimum absolute atomic E-state index is 0.369. The van der Waals surface area contributed by atoms with E-state index in [1.165, 1.54) is 25.6 Å². The van der Waals surface area contributed by atoms with Crippen LogP contribution in [-0.4, -0.2) is 71.5 Å². The molecule has 0 bridgehead atoms. The smallest absolute Gasteiger partial charge is 0.325 e. The van der Waals surface area contributed by atoms with Gasteiger partial charge in [0, 0.05) is 0 Å². The summed E-state index contributed by atoms with van der Waals surface area (Å²) in [5, 5.41) is 16.3. The van der Waals surface area contributed by atoms with E-state index in [0.29, 0.717) is 31.6 Å². The molecule has 28 heavy (non-hydrogen) atoms. The third-order valence-electron chi connectivity index (χ3n) is 4.03. The van der Waals surface area contributed by atoms with Gasteiger partial charge in [0.05, 0.1) is 6.04 Å². The van der Waals surface area contributed by atoms with E-state index < -0.39 is 47.9 Å². The van der Waals surface area contributed by atoms with Gasteiger partial charge in [-0.15, -0.1) is 0 Å². The van der Waals surface area contributed by atoms with Crippen molar-refractivity contribution >= 4 is 35.5 Å². The van der Waals surface area contributed by atoms with Crippen molar-refractivity contribution in [2.45, 2.75) is 63.7 Å². The highest BCUT2D eigenvalue weighted by Crippen LogP contribution is 2.04. The molecule has 0 spiro atoms. The van der Waals surface area contributed by atoms with Crippen molar-refractivity contribution in [3.8, 4) is 0 Å². The van der Waals surface area contributed by atoms with Gasteiger partial charge in [0.25, 0.3) is 0 Å². The molecule has 0 aromatic carbocycles. The molecule has 162 valence electrons. The van der Waals surface area contributed by atoms with Crippen LogP contribution in [0.5, 0.6) is 0 Å². The predicted octanol–water partition coefficient (Wildman–Crippen LogP) is -1.23. The molecule has 0 fully saturated rings. The number of nitrogens with one attached hydrogen (secondary N) is 3. The van der Waals surface area contributed by atoms with E-state index in [1.54, 1.807) is 0 Å². The van der Waals surface area contributed by atoms with Crippen molar-refractivity contribution < 1.29 is 24.3 Å². The summed E-state index contributed by atoms with van der Waals surface area (Å²) in [6.07, 6.45) is 4.18. The van der Waals surface area contributed by atoms with Crippen LogP contribution in [-0.2, 0) is 19.2 Å². The van der Waals surface area contributed by atoms with Crippen LogP contribution in [0, 0.1) is 0 Å². The van der Waals surface area contributed by atoms with Crippen LogP contribution in [0.4, 0.5) is 0 Å². The lowest BCUT2D eigenvalue weighted by atomic mass is 10.1. The summed E-state index contributed by atoms with van der Waals surface area (Å²) in [5.74, 6) is -2.15. The van der Waals surface area contributed by atoms with E-state index >= 15 is 0 Å². The normalized spacial score (nSPS) is 15.0. The SMILES string of the molecule is CSCCC(NC(=O)C(N)CCCCN)C(=O)NC(C)C(=O)NC(C)C(=O)O. The molecule has 0 saturated carbocycles. The van der Waals surface area contributed by atoms with E-state index in [2.05, 4.69) is 16.0 Å². The molecular formula is C17H33N5O5S. The summed E-state index contributed by atoms with van der Waals surface area (Å²) in [5.41, 5.74) is 11.3. The first-order valence-electron chi connectivity index (χ1n) is 9.22. The zero-order valence-electron chi connectivity index (χ0n) is 16.7. The van der Waals surface area contributed by atoms with Crippen molar-refractivity contribution in [2.24, 2.45) is 11.5 Å². The highest BCUT2D eigenvalue weighted by Gasteiger charge is 2.27. The van der Waals surface area contributed by atoms with Crippen molar-refractivity contribution in [3.05, 3.63) is 0 Å². The van der Waals surface area contributed by atoms with Crippen LogP contribution in [0.2, 0.25) is 0 Å². The molecule has 4 atom stereocenters. The van der Waals surface area contributed by atoms with Gasteiger partial charge >= 0.3 is 5.97 Å². The number of carbonyl (C=O) groups is 4. The molecule has 0 aliphatic carbocycles. The van der Waals surface area contributed by atoms with Crippen LogP contribution in [0.15, 0.2) is 0 Å². The van der Waals surface area contributed by atoms with Gasteiger partial charge in [0.1, 0.15) is 18.1 Å². The minimum atomic E-state index is -1.18. The molecule has 0 saturated heterocycles. The molecule has 0 aromatic heterocycles. The van der Waals surface area contributed by atoms with Gasteiger partial charge in [-0.25, -0.2) is 0 Å². The first kappa shape index (κ1) is 26.1. The third kappa shape index (κ3) is 10.5. The molecule has 0 heterocycles. The summed E-state index contributed by atoms with van der Waals surface area (Å²) in [4.78, 5) is 47.6. The summed E-state index contributed by atoms with van der Waals surface area (Å²) in [6, 6.07) is -3.62. The van der Waals surface area contributed by atoms with E-state index in [1.807, 2.05) is 6.26 Å². The van der Waals surface area contributed by atoms with Gasteiger partial charge in [-0.05, 0) is 51.7 Å². The Hall–Kier alpha value is -1.85. The topological polar surface area (TPSA) is 177 Å². The number of carboxylic acid groups (broad SMARTS) is 1. The maximum atomic E-state index is 12.5. The number of hydrogen-bond acceptors (Lipinski definition) is 7. The predicted molar refractivity (Wildman–Crippen MR) is 109 cm³/mol. The Labute approximate surface area is 169 Å². The van der Waals surface area contributed by atoms with Crippen LogP contribution >= 0.6 is 11.8 Å². The van der Waals surface area contributed by atoms with Gasteiger partial charge in [-0.1, -0.05) is 6.42 Å². The number of rotatable bonds is 14. The van der Waals surface area contributed by atoms with E-state index in [-0.39, 0.29) is 0 Å². The molecule has 10 nitrogen and oxygen atoms in total. The van der Waals surface area contributed by atoms with Crippen LogP contribution in [0.25, 0.3) is 0 Å². The largest absolute Gasteiger partial charge is 0.480 e. The lowest BCUT2D eigenvalue weighted by molar-refractivity contribution is -0.141. The number of carboxylic acids is 1. The lowest BCUT2D eigenvalue weighted by Gasteiger charge is -2.23. The molecule has 0 aliphatic heterocycles. The summed E-state index contributed by atoms with van der Waals surface area (Å²) in [6.45, 7) is 3.28. The first-order valence-corrected chi connectivity index (χ1v) is 10.6. The third-order valence-corrected chi connectivity index (χ3v) is 4.67. The second-order valence-corrected chi connectivity index (χ2v) is 7.52. The molecule has 11 heteroatoms. The number of aliphatic carboxylic acids is 1. The summed E-state index contributed by atoms with van der Waals surface area (Å²) < 4.78 is 0. The fraction of sp³-hybridized carbons (Fsp3) is 0.765. The highest BCUT2D eigenvalue weighted by molar-refractivity contribution is 7.98.